The maximum Gasteiger partial charge on any atom is 0.253 e. The SMILES string of the molecule is Cc1cc(Nc2ccnc(Nc3ccc(C(=O)N4CCC(NC(C)c5ccc6ncccc6c5)CC4)cc3)n2)ccc1F. The molecule has 1 fully saturated rings. The fourth-order valence-corrected chi connectivity index (χ4v) is 5.43. The Balaban J connectivity index is 1.01. The molecule has 6 rings (SSSR count). The molecule has 3 N–H and O–H groups in total. The number of carbonyl (C=O) groups excluding carboxylic acids is 1. The van der Waals surface area contributed by atoms with Crippen molar-refractivity contribution in [1.29, 1.82) is 0 Å². The summed E-state index contributed by atoms with van der Waals surface area (Å²) in [5, 5.41) is 11.3. The smallest absolute Gasteiger partial charge is 0.253 e. The van der Waals surface area contributed by atoms with Crippen LogP contribution < -0.4 is 16.0 Å². The van der Waals surface area contributed by atoms with Crippen LogP contribution in [0.4, 0.5) is 27.5 Å². The third-order valence-electron chi connectivity index (χ3n) is 7.87. The lowest BCUT2D eigenvalue weighted by Gasteiger charge is -2.34. The van der Waals surface area contributed by atoms with Gasteiger partial charge in [0, 0.05) is 59.9 Å². The first-order valence-electron chi connectivity index (χ1n) is 14.5. The van der Waals surface area contributed by atoms with Gasteiger partial charge in [0.25, 0.3) is 5.91 Å². The maximum absolute atomic E-state index is 13.6. The second kappa shape index (κ2) is 12.5. The number of benzene rings is 3. The topological polar surface area (TPSA) is 95.1 Å². The second-order valence-electron chi connectivity index (χ2n) is 11.0. The fraction of sp³-hybridized carbons (Fsp3) is 0.235. The van der Waals surface area contributed by atoms with Gasteiger partial charge in [-0.2, -0.15) is 4.98 Å². The van der Waals surface area contributed by atoms with E-state index in [9.17, 15) is 9.18 Å². The highest BCUT2D eigenvalue weighted by Gasteiger charge is 2.25. The Bertz CT molecular complexity index is 1740. The third kappa shape index (κ3) is 6.79. The monoisotopic (exact) mass is 575 g/mol. The number of carbonyl (C=O) groups is 1. The molecule has 43 heavy (non-hydrogen) atoms. The number of aromatic nitrogens is 3. The van der Waals surface area contributed by atoms with Crippen LogP contribution >= 0.6 is 0 Å². The average Bonchev–Trinajstić information content (AvgIpc) is 3.03. The van der Waals surface area contributed by atoms with Crippen LogP contribution in [0.1, 0.15) is 47.3 Å². The van der Waals surface area contributed by atoms with Crippen LogP contribution in [0.25, 0.3) is 10.9 Å². The number of rotatable bonds is 8. The quantitative estimate of drug-likeness (QED) is 0.185. The average molecular weight is 576 g/mol. The van der Waals surface area contributed by atoms with Crippen molar-refractivity contribution in [1.82, 2.24) is 25.2 Å². The molecule has 0 saturated carbocycles. The number of halogens is 1. The van der Waals surface area contributed by atoms with Gasteiger partial charge in [-0.05, 0) is 105 Å². The molecule has 1 amide bonds. The Morgan fingerprint density at radius 2 is 1.70 bits per heavy atom. The van der Waals surface area contributed by atoms with Crippen LogP contribution in [0.2, 0.25) is 0 Å². The number of nitrogens with one attached hydrogen (secondary N) is 3. The molecule has 3 aromatic carbocycles. The zero-order chi connectivity index (χ0) is 29.8. The van der Waals surface area contributed by atoms with Crippen LogP contribution in [-0.2, 0) is 0 Å². The number of pyridine rings is 1. The predicted octanol–water partition coefficient (Wildman–Crippen LogP) is 6.91. The first-order valence-corrected chi connectivity index (χ1v) is 14.5. The summed E-state index contributed by atoms with van der Waals surface area (Å²) >= 11 is 0. The van der Waals surface area contributed by atoms with Gasteiger partial charge in [-0.25, -0.2) is 9.37 Å². The zero-order valence-electron chi connectivity index (χ0n) is 24.2. The number of hydrogen-bond donors (Lipinski definition) is 3. The summed E-state index contributed by atoms with van der Waals surface area (Å²) in [6, 6.07) is 25.0. The standard InChI is InChI=1S/C34H34FN7O/c1-22-20-29(10-11-30(22)35)39-32-13-17-37-34(41-32)40-27-8-5-24(6-9-27)33(43)42-18-14-28(15-19-42)38-23(2)25-7-12-31-26(21-25)4-3-16-36-31/h3-13,16-17,20-21,23,28,38H,14-15,18-19H2,1-2H3,(H2,37,39,40,41). The lowest BCUT2D eigenvalue weighted by molar-refractivity contribution is 0.0702. The summed E-state index contributed by atoms with van der Waals surface area (Å²) in [5.41, 5.74) is 4.96. The van der Waals surface area contributed by atoms with Gasteiger partial charge < -0.3 is 20.9 Å². The molecule has 3 heterocycles. The van der Waals surface area contributed by atoms with E-state index in [2.05, 4.69) is 62.1 Å². The second-order valence-corrected chi connectivity index (χ2v) is 11.0. The molecule has 1 saturated heterocycles. The van der Waals surface area contributed by atoms with E-state index in [0.29, 0.717) is 42.0 Å². The fourth-order valence-electron chi connectivity index (χ4n) is 5.43. The van der Waals surface area contributed by atoms with Gasteiger partial charge in [0.2, 0.25) is 5.95 Å². The minimum atomic E-state index is -0.250. The van der Waals surface area contributed by atoms with Gasteiger partial charge in [0.15, 0.2) is 0 Å². The Labute approximate surface area is 250 Å². The first-order chi connectivity index (χ1) is 20.9. The lowest BCUT2D eigenvalue weighted by atomic mass is 10.00. The van der Waals surface area contributed by atoms with Crippen LogP contribution in [0, 0.1) is 12.7 Å². The van der Waals surface area contributed by atoms with Gasteiger partial charge in [0.05, 0.1) is 5.52 Å². The van der Waals surface area contributed by atoms with Crippen molar-refractivity contribution in [3.63, 3.8) is 0 Å². The van der Waals surface area contributed by atoms with Gasteiger partial charge in [-0.15, -0.1) is 0 Å². The van der Waals surface area contributed by atoms with E-state index in [0.717, 1.165) is 35.1 Å². The van der Waals surface area contributed by atoms with Gasteiger partial charge >= 0.3 is 0 Å². The van der Waals surface area contributed by atoms with Crippen LogP contribution in [0.15, 0.2) is 91.3 Å². The number of fused-ring (bicyclic) bond motifs is 1. The maximum atomic E-state index is 13.6. The van der Waals surface area contributed by atoms with Crippen LogP contribution in [0.3, 0.4) is 0 Å². The predicted molar refractivity (Wildman–Crippen MR) is 168 cm³/mol. The van der Waals surface area contributed by atoms with Crippen molar-refractivity contribution in [2.45, 2.75) is 38.8 Å². The van der Waals surface area contributed by atoms with Crippen molar-refractivity contribution in [2.24, 2.45) is 0 Å². The van der Waals surface area contributed by atoms with Crippen molar-refractivity contribution < 1.29 is 9.18 Å². The number of amides is 1. The van der Waals surface area contributed by atoms with Gasteiger partial charge in [-0.3, -0.25) is 9.78 Å². The highest BCUT2D eigenvalue weighted by molar-refractivity contribution is 5.94. The minimum absolute atomic E-state index is 0.0390. The summed E-state index contributed by atoms with van der Waals surface area (Å²) in [4.78, 5) is 28.4. The lowest BCUT2D eigenvalue weighted by Crippen LogP contribution is -2.45. The molecule has 1 aliphatic heterocycles. The molecule has 0 aliphatic carbocycles. The molecular formula is C34H34FN7O. The first kappa shape index (κ1) is 28.2. The number of piperidine rings is 1. The van der Waals surface area contributed by atoms with E-state index in [1.54, 1.807) is 31.3 Å². The van der Waals surface area contributed by atoms with Gasteiger partial charge in [-0.1, -0.05) is 12.1 Å². The minimum Gasteiger partial charge on any atom is -0.340 e. The summed E-state index contributed by atoms with van der Waals surface area (Å²) < 4.78 is 13.6. The summed E-state index contributed by atoms with van der Waals surface area (Å²) in [7, 11) is 0. The highest BCUT2D eigenvalue weighted by atomic mass is 19.1. The Morgan fingerprint density at radius 3 is 2.49 bits per heavy atom. The van der Waals surface area contributed by atoms with E-state index in [1.165, 1.54) is 11.6 Å². The number of aryl methyl sites for hydroxylation is 1. The van der Waals surface area contributed by atoms with E-state index in [4.69, 9.17) is 0 Å². The van der Waals surface area contributed by atoms with Crippen molar-refractivity contribution in [3.05, 3.63) is 114 Å². The van der Waals surface area contributed by atoms with Crippen molar-refractivity contribution >= 4 is 40.0 Å². The Hall–Kier alpha value is -4.89. The van der Waals surface area contributed by atoms with E-state index < -0.39 is 0 Å². The number of anilines is 4. The van der Waals surface area contributed by atoms with E-state index >= 15 is 0 Å². The third-order valence-corrected chi connectivity index (χ3v) is 7.87. The van der Waals surface area contributed by atoms with E-state index in [-0.39, 0.29) is 17.8 Å². The molecule has 0 bridgehead atoms. The number of likely N-dealkylation sites (tertiary alicyclic amines) is 1. The number of nitrogens with zero attached hydrogens (tertiary/aromatic N) is 4. The van der Waals surface area contributed by atoms with Crippen molar-refractivity contribution in [3.8, 4) is 0 Å². The molecule has 1 unspecified atom stereocenters. The Morgan fingerprint density at radius 1 is 0.907 bits per heavy atom. The van der Waals surface area contributed by atoms with Crippen molar-refractivity contribution in [2.75, 3.05) is 23.7 Å². The molecule has 2 aromatic heterocycles. The zero-order valence-corrected chi connectivity index (χ0v) is 24.2. The molecule has 0 radical (unpaired) electrons. The van der Waals surface area contributed by atoms with Gasteiger partial charge in [0.1, 0.15) is 11.6 Å². The summed E-state index contributed by atoms with van der Waals surface area (Å²) in [5.74, 6) is 0.779. The molecule has 9 heteroatoms. The summed E-state index contributed by atoms with van der Waals surface area (Å²) in [6.45, 7) is 5.33. The van der Waals surface area contributed by atoms with Crippen LogP contribution in [0.5, 0.6) is 0 Å². The molecule has 1 aliphatic rings. The highest BCUT2D eigenvalue weighted by Crippen LogP contribution is 2.23. The molecule has 8 nitrogen and oxygen atoms in total. The largest absolute Gasteiger partial charge is 0.340 e. The summed E-state index contributed by atoms with van der Waals surface area (Å²) in [6.07, 6.45) is 5.27. The van der Waals surface area contributed by atoms with Crippen LogP contribution in [-0.4, -0.2) is 44.9 Å². The number of hydrogen-bond acceptors (Lipinski definition) is 7. The van der Waals surface area contributed by atoms with E-state index in [1.807, 2.05) is 41.4 Å². The Kier molecular flexibility index (Phi) is 8.24. The molecular weight excluding hydrogens is 541 g/mol. The molecule has 1 atom stereocenters. The normalized spacial score (nSPS) is 14.4. The molecule has 218 valence electrons. The molecule has 5 aromatic rings. The molecule has 0 spiro atoms.